The molecule has 0 bridgehead atoms. The first kappa shape index (κ1) is 29.7. The van der Waals surface area contributed by atoms with Crippen molar-refractivity contribution >= 4 is 29.2 Å². The third kappa shape index (κ3) is 7.00. The second kappa shape index (κ2) is 13.0. The van der Waals surface area contributed by atoms with Crippen LogP contribution in [0.15, 0.2) is 66.7 Å². The molecule has 0 spiro atoms. The molecule has 0 unspecified atom stereocenters. The number of aliphatic hydroxyl groups excluding tert-OH is 1. The normalized spacial score (nSPS) is 18.0. The minimum atomic E-state index is -0.480. The smallest absolute Gasteiger partial charge is 0.321 e. The number of rotatable bonds is 8. The summed E-state index contributed by atoms with van der Waals surface area (Å²) in [5.74, 6) is 0.811. The van der Waals surface area contributed by atoms with Crippen LogP contribution in [-0.4, -0.2) is 78.4 Å². The van der Waals surface area contributed by atoms with E-state index in [0.29, 0.717) is 35.2 Å². The molecule has 0 radical (unpaired) electrons. The Bertz CT molecular complexity index is 1480. The van der Waals surface area contributed by atoms with Gasteiger partial charge in [-0.3, -0.25) is 9.59 Å². The first-order chi connectivity index (χ1) is 20.7. The molecule has 5 rings (SSSR count). The van der Waals surface area contributed by atoms with Crippen molar-refractivity contribution in [2.75, 3.05) is 44.2 Å². The highest BCUT2D eigenvalue weighted by Gasteiger charge is 2.34. The van der Waals surface area contributed by atoms with Gasteiger partial charge in [-0.1, -0.05) is 37.3 Å². The van der Waals surface area contributed by atoms with Crippen molar-refractivity contribution in [2.45, 2.75) is 32.4 Å². The van der Waals surface area contributed by atoms with Crippen molar-refractivity contribution < 1.29 is 33.7 Å². The van der Waals surface area contributed by atoms with Crippen LogP contribution in [0.5, 0.6) is 17.2 Å². The van der Waals surface area contributed by atoms with E-state index in [-0.39, 0.29) is 55.7 Å². The molecule has 0 saturated carbocycles. The summed E-state index contributed by atoms with van der Waals surface area (Å²) < 4.78 is 17.1. The molecule has 2 aliphatic rings. The highest BCUT2D eigenvalue weighted by molar-refractivity contribution is 6.00. The Balaban J connectivity index is 1.33. The van der Waals surface area contributed by atoms with E-state index in [9.17, 15) is 19.5 Å². The van der Waals surface area contributed by atoms with Crippen molar-refractivity contribution in [3.8, 4) is 17.2 Å². The number of nitrogens with zero attached hydrogens (tertiary/aromatic N) is 2. The summed E-state index contributed by atoms with van der Waals surface area (Å²) in [5, 5.41) is 15.7. The van der Waals surface area contributed by atoms with Crippen LogP contribution in [0.2, 0.25) is 0 Å². The zero-order valence-corrected chi connectivity index (χ0v) is 24.4. The lowest BCUT2D eigenvalue weighted by molar-refractivity contribution is -0.115. The average Bonchev–Trinajstić information content (AvgIpc) is 3.47. The molecule has 3 aromatic carbocycles. The van der Waals surface area contributed by atoms with Gasteiger partial charge in [0.05, 0.1) is 31.2 Å². The van der Waals surface area contributed by atoms with Crippen LogP contribution in [0.1, 0.15) is 29.8 Å². The van der Waals surface area contributed by atoms with Crippen molar-refractivity contribution in [3.63, 3.8) is 0 Å². The Morgan fingerprint density at radius 1 is 1.00 bits per heavy atom. The maximum absolute atomic E-state index is 13.7. The van der Waals surface area contributed by atoms with Gasteiger partial charge < -0.3 is 39.8 Å². The van der Waals surface area contributed by atoms with Gasteiger partial charge >= 0.3 is 6.03 Å². The summed E-state index contributed by atoms with van der Waals surface area (Å²) in [4.78, 5) is 42.7. The molecule has 0 saturated heterocycles. The van der Waals surface area contributed by atoms with Gasteiger partial charge in [0, 0.05) is 37.0 Å². The Labute approximate surface area is 250 Å². The maximum Gasteiger partial charge on any atom is 0.321 e. The Hall–Kier alpha value is -4.77. The summed E-state index contributed by atoms with van der Waals surface area (Å²) in [6, 6.07) is 18.7. The molecule has 43 heavy (non-hydrogen) atoms. The Morgan fingerprint density at radius 2 is 1.70 bits per heavy atom. The predicted octanol–water partition coefficient (Wildman–Crippen LogP) is 3.98. The lowest BCUT2D eigenvalue weighted by Crippen LogP contribution is -2.50. The molecule has 11 nitrogen and oxygen atoms in total. The van der Waals surface area contributed by atoms with Crippen LogP contribution >= 0.6 is 0 Å². The fourth-order valence-corrected chi connectivity index (χ4v) is 5.05. The number of aliphatic hydroxyl groups is 1. The van der Waals surface area contributed by atoms with E-state index in [1.54, 1.807) is 55.3 Å². The number of ether oxygens (including phenoxy) is 3. The lowest BCUT2D eigenvalue weighted by Gasteiger charge is -2.38. The van der Waals surface area contributed by atoms with Crippen molar-refractivity contribution in [3.05, 3.63) is 77.9 Å². The molecular formula is C32H36N4O7. The summed E-state index contributed by atoms with van der Waals surface area (Å²) in [6.07, 6.45) is -0.290. The number of hydrogen-bond donors (Lipinski definition) is 3. The number of benzene rings is 3. The largest absolute Gasteiger partial charge is 0.487 e. The highest BCUT2D eigenvalue weighted by atomic mass is 16.7. The molecular weight excluding hydrogens is 552 g/mol. The van der Waals surface area contributed by atoms with E-state index in [2.05, 4.69) is 10.6 Å². The number of carbonyl (C=O) groups excluding carboxylic acids is 3. The molecule has 226 valence electrons. The van der Waals surface area contributed by atoms with Crippen LogP contribution < -0.4 is 24.8 Å². The lowest BCUT2D eigenvalue weighted by atomic mass is 9.99. The van der Waals surface area contributed by atoms with Crippen LogP contribution in [0.3, 0.4) is 0 Å². The van der Waals surface area contributed by atoms with Gasteiger partial charge in [0.2, 0.25) is 12.7 Å². The van der Waals surface area contributed by atoms with E-state index in [1.165, 1.54) is 4.90 Å². The van der Waals surface area contributed by atoms with E-state index in [4.69, 9.17) is 14.2 Å². The SMILES string of the molecule is C[C@@H]1CN([C@H](C)CO)C(=O)c2cc(NC(=O)Cc3ccccc3)ccc2O[C@H]1CN(C)C(=O)Nc1ccc2c(c1)OCO2. The van der Waals surface area contributed by atoms with Gasteiger partial charge in [0.1, 0.15) is 11.9 Å². The van der Waals surface area contributed by atoms with Crippen LogP contribution in [0.4, 0.5) is 16.2 Å². The molecule has 0 aliphatic carbocycles. The third-order valence-corrected chi connectivity index (χ3v) is 7.58. The Kier molecular flexibility index (Phi) is 9.01. The zero-order chi connectivity index (χ0) is 30.5. The molecule has 3 N–H and O–H groups in total. The number of fused-ring (bicyclic) bond motifs is 2. The van der Waals surface area contributed by atoms with E-state index >= 15 is 0 Å². The molecule has 11 heteroatoms. The molecule has 0 fully saturated rings. The molecule has 2 heterocycles. The fraction of sp³-hybridized carbons (Fsp3) is 0.344. The second-order valence-corrected chi connectivity index (χ2v) is 10.9. The minimum absolute atomic E-state index is 0.140. The van der Waals surface area contributed by atoms with E-state index < -0.39 is 12.1 Å². The van der Waals surface area contributed by atoms with Gasteiger partial charge in [-0.2, -0.15) is 0 Å². The average molecular weight is 589 g/mol. The summed E-state index contributed by atoms with van der Waals surface area (Å²) in [5.41, 5.74) is 2.16. The number of amides is 4. The molecule has 3 aromatic rings. The van der Waals surface area contributed by atoms with Gasteiger partial charge in [0.15, 0.2) is 11.5 Å². The standard InChI is InChI=1S/C32H36N4O7/c1-20-16-36(21(2)18-37)31(39)25-14-23(33-30(38)13-22-7-5-4-6-8-22)9-11-26(25)43-29(20)17-35(3)32(40)34-24-10-12-27-28(15-24)42-19-41-27/h4-12,14-15,20-21,29,37H,13,16-19H2,1-3H3,(H,33,38)(H,34,40)/t20-,21-,29+/m1/s1. The van der Waals surface area contributed by atoms with Gasteiger partial charge in [-0.15, -0.1) is 0 Å². The zero-order valence-electron chi connectivity index (χ0n) is 24.4. The monoisotopic (exact) mass is 588 g/mol. The van der Waals surface area contributed by atoms with Crippen molar-refractivity contribution in [1.82, 2.24) is 9.80 Å². The summed E-state index contributed by atoms with van der Waals surface area (Å²) >= 11 is 0. The second-order valence-electron chi connectivity index (χ2n) is 10.9. The predicted molar refractivity (Wildman–Crippen MR) is 161 cm³/mol. The minimum Gasteiger partial charge on any atom is -0.487 e. The van der Waals surface area contributed by atoms with Gasteiger partial charge in [0.25, 0.3) is 5.91 Å². The van der Waals surface area contributed by atoms with Crippen LogP contribution in [0, 0.1) is 5.92 Å². The Morgan fingerprint density at radius 3 is 2.44 bits per heavy atom. The highest BCUT2D eigenvalue weighted by Crippen LogP contribution is 2.34. The number of carbonyl (C=O) groups is 3. The quantitative estimate of drug-likeness (QED) is 0.363. The maximum atomic E-state index is 13.7. The fourth-order valence-electron chi connectivity index (χ4n) is 5.05. The number of hydrogen-bond acceptors (Lipinski definition) is 7. The number of anilines is 2. The first-order valence-corrected chi connectivity index (χ1v) is 14.2. The number of nitrogens with one attached hydrogen (secondary N) is 2. The van der Waals surface area contributed by atoms with Crippen LogP contribution in [-0.2, 0) is 11.2 Å². The molecule has 0 aromatic heterocycles. The third-order valence-electron chi connectivity index (χ3n) is 7.58. The topological polar surface area (TPSA) is 130 Å². The van der Waals surface area contributed by atoms with Crippen molar-refractivity contribution in [2.24, 2.45) is 5.92 Å². The van der Waals surface area contributed by atoms with Gasteiger partial charge in [-0.05, 0) is 42.8 Å². The van der Waals surface area contributed by atoms with Crippen molar-refractivity contribution in [1.29, 1.82) is 0 Å². The number of likely N-dealkylation sites (N-methyl/N-ethyl adjacent to an activating group) is 1. The number of urea groups is 1. The summed E-state index contributed by atoms with van der Waals surface area (Å²) in [6.45, 7) is 4.17. The first-order valence-electron chi connectivity index (χ1n) is 14.2. The summed E-state index contributed by atoms with van der Waals surface area (Å²) in [7, 11) is 1.67. The van der Waals surface area contributed by atoms with E-state index in [0.717, 1.165) is 5.56 Å². The van der Waals surface area contributed by atoms with Crippen LogP contribution in [0.25, 0.3) is 0 Å². The molecule has 4 amide bonds. The van der Waals surface area contributed by atoms with Gasteiger partial charge in [-0.25, -0.2) is 4.79 Å². The van der Waals surface area contributed by atoms with E-state index in [1.807, 2.05) is 37.3 Å². The molecule has 3 atom stereocenters. The molecule has 2 aliphatic heterocycles.